The monoisotopic (exact) mass is 301 g/mol. The molecule has 0 aliphatic carbocycles. The number of fused-ring (bicyclic) bond motifs is 1. The molecule has 22 heavy (non-hydrogen) atoms. The first-order valence-corrected chi connectivity index (χ1v) is 6.19. The highest BCUT2D eigenvalue weighted by Gasteiger charge is 2.17. The predicted molar refractivity (Wildman–Crippen MR) is 74.1 cm³/mol. The molecule has 9 heteroatoms. The number of tetrazole rings is 1. The van der Waals surface area contributed by atoms with Crippen LogP contribution in [0.5, 0.6) is 11.5 Å². The van der Waals surface area contributed by atoms with Crippen LogP contribution in [0.1, 0.15) is 10.5 Å². The first kappa shape index (κ1) is 13.7. The molecule has 0 saturated carbocycles. The lowest BCUT2D eigenvalue weighted by atomic mass is 10.1. The Balaban J connectivity index is 2.28. The molecule has 112 valence electrons. The van der Waals surface area contributed by atoms with Crippen LogP contribution in [0.3, 0.4) is 0 Å². The number of nitrogens with zero attached hydrogens (tertiary/aromatic N) is 5. The van der Waals surface area contributed by atoms with Crippen molar-refractivity contribution in [3.8, 4) is 22.8 Å². The molecule has 0 saturated heterocycles. The molecule has 1 N–H and O–H groups in total. The van der Waals surface area contributed by atoms with Crippen molar-refractivity contribution in [2.45, 2.75) is 0 Å². The summed E-state index contributed by atoms with van der Waals surface area (Å²) in [4.78, 5) is 15.6. The second-order valence-electron chi connectivity index (χ2n) is 4.29. The Morgan fingerprint density at radius 1 is 1.23 bits per heavy atom. The molecular weight excluding hydrogens is 290 g/mol. The number of ether oxygens (including phenoxy) is 2. The number of carbonyl (C=O) groups is 1. The van der Waals surface area contributed by atoms with Gasteiger partial charge in [0.1, 0.15) is 11.5 Å². The summed E-state index contributed by atoms with van der Waals surface area (Å²) in [7, 11) is 3.05. The third-order valence-corrected chi connectivity index (χ3v) is 3.08. The summed E-state index contributed by atoms with van der Waals surface area (Å²) in [6, 6.07) is 6.52. The number of carboxylic acids is 1. The number of hydrogen-bond acceptors (Lipinski definition) is 7. The summed E-state index contributed by atoms with van der Waals surface area (Å²) in [5.74, 6) is 0.0398. The van der Waals surface area contributed by atoms with Crippen molar-refractivity contribution in [1.82, 2.24) is 25.0 Å². The Morgan fingerprint density at radius 3 is 2.73 bits per heavy atom. The largest absolute Gasteiger partial charge is 0.497 e. The summed E-state index contributed by atoms with van der Waals surface area (Å²) in [5.41, 5.74) is 0.847. The molecule has 0 unspecified atom stereocenters. The summed E-state index contributed by atoms with van der Waals surface area (Å²) < 4.78 is 11.5. The minimum Gasteiger partial charge on any atom is -0.497 e. The number of aromatic nitrogens is 5. The summed E-state index contributed by atoms with van der Waals surface area (Å²) in [6.07, 6.45) is 0. The highest BCUT2D eigenvalue weighted by Crippen LogP contribution is 2.32. The molecule has 0 aliphatic heterocycles. The molecule has 0 bridgehead atoms. The number of hydrogen-bond donors (Lipinski definition) is 1. The minimum atomic E-state index is -1.16. The average Bonchev–Trinajstić information content (AvgIpc) is 3.01. The average molecular weight is 301 g/mol. The number of benzene rings is 1. The minimum absolute atomic E-state index is 0.0831. The lowest BCUT2D eigenvalue weighted by Gasteiger charge is -2.10. The molecule has 0 fully saturated rings. The quantitative estimate of drug-likeness (QED) is 0.756. The number of aromatic carboxylic acids is 1. The van der Waals surface area contributed by atoms with Crippen molar-refractivity contribution >= 4 is 11.7 Å². The van der Waals surface area contributed by atoms with E-state index >= 15 is 0 Å². The Bertz CT molecular complexity index is 861. The van der Waals surface area contributed by atoms with Crippen molar-refractivity contribution in [2.75, 3.05) is 14.2 Å². The molecular formula is C13H11N5O4. The topological polar surface area (TPSA) is 112 Å². The van der Waals surface area contributed by atoms with E-state index in [1.54, 1.807) is 18.2 Å². The van der Waals surface area contributed by atoms with Crippen LogP contribution in [0.15, 0.2) is 24.3 Å². The highest BCUT2D eigenvalue weighted by atomic mass is 16.5. The normalized spacial score (nSPS) is 10.6. The number of methoxy groups -OCH3 is 2. The fraction of sp³-hybridized carbons (Fsp3) is 0.154. The third kappa shape index (κ3) is 2.18. The van der Waals surface area contributed by atoms with Crippen molar-refractivity contribution in [3.05, 3.63) is 30.0 Å². The fourth-order valence-corrected chi connectivity index (χ4v) is 2.04. The molecule has 0 spiro atoms. The van der Waals surface area contributed by atoms with Gasteiger partial charge in [-0.2, -0.15) is 4.52 Å². The maximum Gasteiger partial charge on any atom is 0.354 e. The molecule has 9 nitrogen and oxygen atoms in total. The summed E-state index contributed by atoms with van der Waals surface area (Å²) in [6.45, 7) is 0. The van der Waals surface area contributed by atoms with Gasteiger partial charge in [-0.1, -0.05) is 5.10 Å². The Kier molecular flexibility index (Phi) is 3.30. The van der Waals surface area contributed by atoms with E-state index in [0.717, 1.165) is 4.52 Å². The van der Waals surface area contributed by atoms with E-state index in [0.29, 0.717) is 22.8 Å². The zero-order chi connectivity index (χ0) is 15.7. The maximum absolute atomic E-state index is 11.4. The summed E-state index contributed by atoms with van der Waals surface area (Å²) >= 11 is 0. The van der Waals surface area contributed by atoms with Crippen LogP contribution in [0.2, 0.25) is 0 Å². The molecule has 3 rings (SSSR count). The summed E-state index contributed by atoms with van der Waals surface area (Å²) in [5, 5.41) is 20.0. The van der Waals surface area contributed by atoms with Gasteiger partial charge in [0.15, 0.2) is 5.69 Å². The van der Waals surface area contributed by atoms with Gasteiger partial charge in [0.2, 0.25) is 0 Å². The smallest absolute Gasteiger partial charge is 0.354 e. The third-order valence-electron chi connectivity index (χ3n) is 3.08. The Hall–Kier alpha value is -3.23. The van der Waals surface area contributed by atoms with Gasteiger partial charge in [-0.05, 0) is 34.7 Å². The first-order valence-electron chi connectivity index (χ1n) is 6.19. The zero-order valence-corrected chi connectivity index (χ0v) is 11.7. The van der Waals surface area contributed by atoms with Crippen LogP contribution >= 0.6 is 0 Å². The van der Waals surface area contributed by atoms with Crippen molar-refractivity contribution in [2.24, 2.45) is 0 Å². The Morgan fingerprint density at radius 2 is 2.05 bits per heavy atom. The molecule has 2 heterocycles. The number of rotatable bonds is 4. The predicted octanol–water partition coefficient (Wildman–Crippen LogP) is 0.902. The second kappa shape index (κ2) is 5.28. The zero-order valence-electron chi connectivity index (χ0n) is 11.7. The van der Waals surface area contributed by atoms with Crippen LogP contribution < -0.4 is 9.47 Å². The van der Waals surface area contributed by atoms with Gasteiger partial charge in [0, 0.05) is 5.56 Å². The van der Waals surface area contributed by atoms with Gasteiger partial charge < -0.3 is 14.6 Å². The van der Waals surface area contributed by atoms with E-state index in [-0.39, 0.29) is 11.5 Å². The maximum atomic E-state index is 11.4. The van der Waals surface area contributed by atoms with E-state index in [2.05, 4.69) is 20.5 Å². The SMILES string of the molecule is COc1ccc(OC)c(-c2cc(C(=O)O)n3nnnc3n2)c1. The Labute approximate surface area is 124 Å². The van der Waals surface area contributed by atoms with E-state index in [1.807, 2.05) is 0 Å². The molecule has 1 aromatic carbocycles. The van der Waals surface area contributed by atoms with Crippen LogP contribution in [0.4, 0.5) is 0 Å². The van der Waals surface area contributed by atoms with Crippen LogP contribution in [-0.4, -0.2) is 50.3 Å². The molecule has 0 amide bonds. The second-order valence-corrected chi connectivity index (χ2v) is 4.29. The van der Waals surface area contributed by atoms with Gasteiger partial charge in [-0.3, -0.25) is 0 Å². The van der Waals surface area contributed by atoms with Crippen LogP contribution in [-0.2, 0) is 0 Å². The lowest BCUT2D eigenvalue weighted by Crippen LogP contribution is -2.08. The van der Waals surface area contributed by atoms with Gasteiger partial charge in [-0.25, -0.2) is 9.78 Å². The van der Waals surface area contributed by atoms with E-state index in [4.69, 9.17) is 9.47 Å². The van der Waals surface area contributed by atoms with Crippen LogP contribution in [0.25, 0.3) is 17.0 Å². The van der Waals surface area contributed by atoms with Gasteiger partial charge in [-0.15, -0.1) is 0 Å². The first-order chi connectivity index (χ1) is 10.6. The fourth-order valence-electron chi connectivity index (χ4n) is 2.04. The highest BCUT2D eigenvalue weighted by molar-refractivity contribution is 5.88. The van der Waals surface area contributed by atoms with Crippen molar-refractivity contribution in [3.63, 3.8) is 0 Å². The van der Waals surface area contributed by atoms with E-state index < -0.39 is 5.97 Å². The van der Waals surface area contributed by atoms with Gasteiger partial charge in [0.25, 0.3) is 5.78 Å². The molecule has 0 radical (unpaired) electrons. The van der Waals surface area contributed by atoms with Gasteiger partial charge in [0.05, 0.1) is 19.9 Å². The molecule has 0 atom stereocenters. The standard InChI is InChI=1S/C13H11N5O4/c1-21-7-3-4-11(22-2)8(5-7)9-6-10(12(19)20)18-13(14-9)15-16-17-18/h3-6H,1-2H3,(H,19,20). The molecule has 0 aliphatic rings. The molecule has 3 aromatic rings. The van der Waals surface area contributed by atoms with Crippen molar-refractivity contribution in [1.29, 1.82) is 0 Å². The lowest BCUT2D eigenvalue weighted by molar-refractivity contribution is 0.0687. The molecule has 2 aromatic heterocycles. The van der Waals surface area contributed by atoms with Crippen LogP contribution in [0, 0.1) is 0 Å². The number of carboxylic acid groups (broad SMARTS) is 1. The van der Waals surface area contributed by atoms with Crippen molar-refractivity contribution < 1.29 is 19.4 Å². The van der Waals surface area contributed by atoms with E-state index in [1.165, 1.54) is 20.3 Å². The van der Waals surface area contributed by atoms with Gasteiger partial charge >= 0.3 is 5.97 Å². The van der Waals surface area contributed by atoms with E-state index in [9.17, 15) is 9.90 Å².